The molecule has 0 aliphatic carbocycles. The van der Waals surface area contributed by atoms with Crippen molar-refractivity contribution < 1.29 is 9.66 Å². The number of non-ortho nitro benzene ring substituents is 1. The Balaban J connectivity index is 2.56. The third-order valence-corrected chi connectivity index (χ3v) is 2.23. The first-order chi connectivity index (χ1) is 8.13. The highest BCUT2D eigenvalue weighted by Crippen LogP contribution is 2.27. The number of benzene rings is 1. The van der Waals surface area contributed by atoms with E-state index >= 15 is 0 Å². The molecule has 1 heterocycles. The minimum absolute atomic E-state index is 0.0451. The van der Waals surface area contributed by atoms with Crippen LogP contribution >= 0.6 is 0 Å². The molecule has 1 aromatic carbocycles. The molecule has 0 aliphatic heterocycles. The third-order valence-electron chi connectivity index (χ3n) is 2.23. The molecule has 0 amide bonds. The van der Waals surface area contributed by atoms with E-state index in [9.17, 15) is 10.1 Å². The van der Waals surface area contributed by atoms with Crippen LogP contribution in [0.25, 0.3) is 5.69 Å². The first-order valence-electron chi connectivity index (χ1n) is 4.71. The van der Waals surface area contributed by atoms with Gasteiger partial charge in [0.05, 0.1) is 18.1 Å². The smallest absolute Gasteiger partial charge is 0.273 e. The summed E-state index contributed by atoms with van der Waals surface area (Å²) in [4.78, 5) is 10.1. The maximum Gasteiger partial charge on any atom is 0.273 e. The predicted octanol–water partition coefficient (Wildman–Crippen LogP) is 0.888. The van der Waals surface area contributed by atoms with Gasteiger partial charge in [0.15, 0.2) is 11.6 Å². The lowest BCUT2D eigenvalue weighted by atomic mass is 10.2. The number of aromatic nitrogens is 4. The van der Waals surface area contributed by atoms with E-state index in [-0.39, 0.29) is 5.69 Å². The van der Waals surface area contributed by atoms with E-state index in [0.29, 0.717) is 17.3 Å². The van der Waals surface area contributed by atoms with Gasteiger partial charge < -0.3 is 4.74 Å². The highest BCUT2D eigenvalue weighted by atomic mass is 16.6. The van der Waals surface area contributed by atoms with Gasteiger partial charge in [-0.3, -0.25) is 10.1 Å². The zero-order valence-corrected chi connectivity index (χ0v) is 9.19. The minimum Gasteiger partial charge on any atom is -0.494 e. The van der Waals surface area contributed by atoms with Gasteiger partial charge in [-0.2, -0.15) is 4.68 Å². The van der Waals surface area contributed by atoms with Gasteiger partial charge >= 0.3 is 0 Å². The fraction of sp³-hybridized carbons (Fsp3) is 0.222. The molecule has 0 spiro atoms. The van der Waals surface area contributed by atoms with Gasteiger partial charge in [0.1, 0.15) is 5.69 Å². The number of ether oxygens (including phenoxy) is 1. The summed E-state index contributed by atoms with van der Waals surface area (Å²) >= 11 is 0. The van der Waals surface area contributed by atoms with Crippen LogP contribution < -0.4 is 4.74 Å². The standard InChI is InChI=1S/C9H9N5O3/c1-6-10-11-12-13(6)8-4-3-7(14(15)16)5-9(8)17-2/h3-5H,1-2H3. The SMILES string of the molecule is COc1cc([N+](=O)[O-])ccc1-n1nnnc1C. The molecular weight excluding hydrogens is 226 g/mol. The van der Waals surface area contributed by atoms with Crippen LogP contribution in [0.15, 0.2) is 18.2 Å². The Kier molecular flexibility index (Phi) is 2.69. The van der Waals surface area contributed by atoms with Crippen LogP contribution in [0.4, 0.5) is 5.69 Å². The Bertz CT molecular complexity index is 566. The van der Waals surface area contributed by atoms with Crippen molar-refractivity contribution in [2.45, 2.75) is 6.92 Å². The monoisotopic (exact) mass is 235 g/mol. The van der Waals surface area contributed by atoms with E-state index in [1.807, 2.05) is 0 Å². The highest BCUT2D eigenvalue weighted by Gasteiger charge is 2.14. The van der Waals surface area contributed by atoms with Crippen molar-refractivity contribution in [3.05, 3.63) is 34.1 Å². The van der Waals surface area contributed by atoms with E-state index in [0.717, 1.165) is 0 Å². The third kappa shape index (κ3) is 1.92. The van der Waals surface area contributed by atoms with Crippen molar-refractivity contribution >= 4 is 5.69 Å². The second-order valence-electron chi connectivity index (χ2n) is 3.25. The molecule has 0 aliphatic rings. The van der Waals surface area contributed by atoms with Crippen LogP contribution in [0, 0.1) is 17.0 Å². The summed E-state index contributed by atoms with van der Waals surface area (Å²) in [6.07, 6.45) is 0. The molecule has 2 rings (SSSR count). The van der Waals surface area contributed by atoms with Crippen LogP contribution in [0.3, 0.4) is 0 Å². The van der Waals surface area contributed by atoms with Gasteiger partial charge in [-0.1, -0.05) is 0 Å². The van der Waals surface area contributed by atoms with Crippen LogP contribution in [0.1, 0.15) is 5.82 Å². The van der Waals surface area contributed by atoms with Gasteiger partial charge in [0.25, 0.3) is 5.69 Å². The zero-order chi connectivity index (χ0) is 12.4. The van der Waals surface area contributed by atoms with Crippen molar-refractivity contribution in [3.8, 4) is 11.4 Å². The number of nitrogens with zero attached hydrogens (tertiary/aromatic N) is 5. The fourth-order valence-corrected chi connectivity index (χ4v) is 1.41. The molecule has 0 radical (unpaired) electrons. The zero-order valence-electron chi connectivity index (χ0n) is 9.19. The molecule has 0 saturated heterocycles. The van der Waals surface area contributed by atoms with Crippen LogP contribution in [-0.4, -0.2) is 32.2 Å². The van der Waals surface area contributed by atoms with Gasteiger partial charge in [-0.05, 0) is 23.4 Å². The Morgan fingerprint density at radius 3 is 2.76 bits per heavy atom. The Morgan fingerprint density at radius 1 is 1.47 bits per heavy atom. The molecule has 88 valence electrons. The van der Waals surface area contributed by atoms with E-state index in [1.54, 1.807) is 13.0 Å². The molecule has 1 aromatic heterocycles. The number of rotatable bonds is 3. The number of methoxy groups -OCH3 is 1. The molecule has 0 atom stereocenters. The Morgan fingerprint density at radius 2 is 2.24 bits per heavy atom. The topological polar surface area (TPSA) is 96.0 Å². The first kappa shape index (κ1) is 11.0. The average molecular weight is 235 g/mol. The van der Waals surface area contributed by atoms with E-state index in [2.05, 4.69) is 15.5 Å². The molecule has 0 fully saturated rings. The minimum atomic E-state index is -0.487. The summed E-state index contributed by atoms with van der Waals surface area (Å²) < 4.78 is 6.54. The summed E-state index contributed by atoms with van der Waals surface area (Å²) in [6.45, 7) is 1.72. The van der Waals surface area contributed by atoms with Crippen LogP contribution in [0.5, 0.6) is 5.75 Å². The van der Waals surface area contributed by atoms with Crippen LogP contribution in [-0.2, 0) is 0 Å². The van der Waals surface area contributed by atoms with Crippen molar-refractivity contribution in [1.82, 2.24) is 20.2 Å². The lowest BCUT2D eigenvalue weighted by Crippen LogP contribution is -2.03. The van der Waals surface area contributed by atoms with E-state index in [4.69, 9.17) is 4.74 Å². The molecule has 2 aromatic rings. The largest absolute Gasteiger partial charge is 0.494 e. The maximum absolute atomic E-state index is 10.6. The Labute approximate surface area is 96.0 Å². The van der Waals surface area contributed by atoms with Gasteiger partial charge in [-0.15, -0.1) is 5.10 Å². The normalized spacial score (nSPS) is 10.2. The number of hydrogen-bond donors (Lipinski definition) is 0. The summed E-state index contributed by atoms with van der Waals surface area (Å²) in [5.74, 6) is 0.909. The lowest BCUT2D eigenvalue weighted by molar-refractivity contribution is -0.384. The molecule has 0 saturated carbocycles. The molecular formula is C9H9N5O3. The number of nitro groups is 1. The Hall–Kier alpha value is -2.51. The first-order valence-corrected chi connectivity index (χ1v) is 4.71. The highest BCUT2D eigenvalue weighted by molar-refractivity contribution is 5.52. The average Bonchev–Trinajstić information content (AvgIpc) is 2.74. The maximum atomic E-state index is 10.6. The summed E-state index contributed by atoms with van der Waals surface area (Å²) in [6, 6.07) is 4.25. The molecule has 0 bridgehead atoms. The number of aryl methyl sites for hydroxylation is 1. The predicted molar refractivity (Wildman–Crippen MR) is 57.1 cm³/mol. The quantitative estimate of drug-likeness (QED) is 0.579. The number of nitro benzene ring substituents is 1. The molecule has 8 nitrogen and oxygen atoms in total. The van der Waals surface area contributed by atoms with Gasteiger partial charge in [-0.25, -0.2) is 0 Å². The van der Waals surface area contributed by atoms with Crippen molar-refractivity contribution in [2.75, 3.05) is 7.11 Å². The second-order valence-corrected chi connectivity index (χ2v) is 3.25. The second kappa shape index (κ2) is 4.16. The van der Waals surface area contributed by atoms with Crippen molar-refractivity contribution in [2.24, 2.45) is 0 Å². The molecule has 17 heavy (non-hydrogen) atoms. The van der Waals surface area contributed by atoms with Gasteiger partial charge in [0, 0.05) is 6.07 Å². The summed E-state index contributed by atoms with van der Waals surface area (Å²) in [5, 5.41) is 21.7. The van der Waals surface area contributed by atoms with Crippen molar-refractivity contribution in [3.63, 3.8) is 0 Å². The van der Waals surface area contributed by atoms with Crippen molar-refractivity contribution in [1.29, 1.82) is 0 Å². The molecule has 0 N–H and O–H groups in total. The summed E-state index contributed by atoms with van der Waals surface area (Å²) in [7, 11) is 1.43. The van der Waals surface area contributed by atoms with Gasteiger partial charge in [0.2, 0.25) is 0 Å². The van der Waals surface area contributed by atoms with E-state index in [1.165, 1.54) is 23.9 Å². The summed E-state index contributed by atoms with van der Waals surface area (Å²) in [5.41, 5.74) is 0.511. The number of tetrazole rings is 1. The fourth-order valence-electron chi connectivity index (χ4n) is 1.41. The van der Waals surface area contributed by atoms with E-state index < -0.39 is 4.92 Å². The molecule has 0 unspecified atom stereocenters. The van der Waals surface area contributed by atoms with Crippen LogP contribution in [0.2, 0.25) is 0 Å². The lowest BCUT2D eigenvalue weighted by Gasteiger charge is -2.07. The number of hydrogen-bond acceptors (Lipinski definition) is 6. The molecule has 8 heteroatoms.